The van der Waals surface area contributed by atoms with E-state index in [1.54, 1.807) is 12.5 Å². The molecule has 0 aliphatic heterocycles. The number of nitrogens with one attached hydrogen (secondary N) is 2. The Bertz CT molecular complexity index is 848. The molecular weight excluding hydrogens is 338 g/mol. The highest BCUT2D eigenvalue weighted by Crippen LogP contribution is 2.14. The number of amides is 2. The van der Waals surface area contributed by atoms with Gasteiger partial charge in [-0.25, -0.2) is 9.78 Å². The van der Waals surface area contributed by atoms with Gasteiger partial charge in [-0.15, -0.1) is 0 Å². The Kier molecular flexibility index (Phi) is 6.10. The molecule has 1 heterocycles. The number of urea groups is 1. The number of anilines is 2. The van der Waals surface area contributed by atoms with E-state index in [4.69, 9.17) is 0 Å². The van der Waals surface area contributed by atoms with Gasteiger partial charge in [0.15, 0.2) is 0 Å². The molecule has 1 atom stereocenters. The number of hydrogen-bond acceptors (Lipinski definition) is 3. The molecule has 2 aromatic carbocycles. The Balaban J connectivity index is 1.50. The van der Waals surface area contributed by atoms with Crippen LogP contribution in [0.2, 0.25) is 0 Å². The zero-order valence-electron chi connectivity index (χ0n) is 15.7. The summed E-state index contributed by atoms with van der Waals surface area (Å²) >= 11 is 0. The maximum Gasteiger partial charge on any atom is 0.319 e. The molecule has 2 N–H and O–H groups in total. The average Bonchev–Trinajstić information content (AvgIpc) is 3.19. The number of para-hydroxylation sites is 1. The predicted molar refractivity (Wildman–Crippen MR) is 109 cm³/mol. The zero-order chi connectivity index (χ0) is 19.1. The van der Waals surface area contributed by atoms with E-state index in [0.717, 1.165) is 23.5 Å². The number of likely N-dealkylation sites (N-methyl/N-ethyl adjacent to an activating group) is 1. The summed E-state index contributed by atoms with van der Waals surface area (Å²) in [5.74, 6) is 0. The lowest BCUT2D eigenvalue weighted by Gasteiger charge is -2.27. The molecule has 3 aromatic rings. The molecule has 3 rings (SSSR count). The minimum Gasteiger partial charge on any atom is -0.370 e. The van der Waals surface area contributed by atoms with Crippen LogP contribution in [0.15, 0.2) is 73.3 Å². The second-order valence-electron chi connectivity index (χ2n) is 6.57. The number of hydrogen-bond donors (Lipinski definition) is 2. The van der Waals surface area contributed by atoms with Gasteiger partial charge in [0.25, 0.3) is 0 Å². The summed E-state index contributed by atoms with van der Waals surface area (Å²) in [4.78, 5) is 18.4. The molecule has 2 amide bonds. The Morgan fingerprint density at radius 2 is 2.00 bits per heavy atom. The summed E-state index contributed by atoms with van der Waals surface area (Å²) in [5, 5.41) is 5.84. The van der Waals surface area contributed by atoms with Crippen molar-refractivity contribution in [3.63, 3.8) is 0 Å². The van der Waals surface area contributed by atoms with Crippen molar-refractivity contribution in [2.75, 3.05) is 23.8 Å². The van der Waals surface area contributed by atoms with Crippen LogP contribution in [0.3, 0.4) is 0 Å². The van der Waals surface area contributed by atoms with Gasteiger partial charge < -0.3 is 20.1 Å². The molecule has 27 heavy (non-hydrogen) atoms. The van der Waals surface area contributed by atoms with Crippen molar-refractivity contribution in [3.05, 3.63) is 78.9 Å². The van der Waals surface area contributed by atoms with Crippen molar-refractivity contribution in [2.45, 2.75) is 19.5 Å². The second-order valence-corrected chi connectivity index (χ2v) is 6.57. The Morgan fingerprint density at radius 3 is 2.74 bits per heavy atom. The van der Waals surface area contributed by atoms with Crippen LogP contribution in [0, 0.1) is 0 Å². The molecule has 0 aliphatic rings. The monoisotopic (exact) mass is 363 g/mol. The molecule has 0 saturated carbocycles. The third-order valence-corrected chi connectivity index (χ3v) is 4.49. The first-order valence-corrected chi connectivity index (χ1v) is 8.99. The second kappa shape index (κ2) is 8.89. The third-order valence-electron chi connectivity index (χ3n) is 4.49. The van der Waals surface area contributed by atoms with Crippen molar-refractivity contribution in [2.24, 2.45) is 0 Å². The van der Waals surface area contributed by atoms with Crippen molar-refractivity contribution >= 4 is 17.4 Å². The molecular formula is C21H25N5O. The van der Waals surface area contributed by atoms with E-state index in [2.05, 4.69) is 39.6 Å². The average molecular weight is 363 g/mol. The standard InChI is InChI=1S/C21H25N5O/c1-17(25(2)20-9-4-3-5-10-20)14-23-21(27)24-19-8-6-7-18(13-19)15-26-12-11-22-16-26/h3-13,16-17H,14-15H2,1-2H3,(H2,23,24,27). The molecule has 0 bridgehead atoms. The lowest BCUT2D eigenvalue weighted by Crippen LogP contribution is -2.41. The third kappa shape index (κ3) is 5.34. The highest BCUT2D eigenvalue weighted by Gasteiger charge is 2.11. The summed E-state index contributed by atoms with van der Waals surface area (Å²) in [6.45, 7) is 3.35. The van der Waals surface area contributed by atoms with Gasteiger partial charge in [-0.1, -0.05) is 30.3 Å². The largest absolute Gasteiger partial charge is 0.370 e. The molecule has 6 nitrogen and oxygen atoms in total. The quantitative estimate of drug-likeness (QED) is 0.674. The molecule has 1 unspecified atom stereocenters. The van der Waals surface area contributed by atoms with Crippen molar-refractivity contribution in [3.8, 4) is 0 Å². The molecule has 140 valence electrons. The molecule has 0 fully saturated rings. The minimum absolute atomic E-state index is 0.172. The fourth-order valence-electron chi connectivity index (χ4n) is 2.81. The topological polar surface area (TPSA) is 62.2 Å². The SMILES string of the molecule is CC(CNC(=O)Nc1cccc(Cn2ccnc2)c1)N(C)c1ccccc1. The van der Waals surface area contributed by atoms with Gasteiger partial charge in [-0.05, 0) is 36.8 Å². The van der Waals surface area contributed by atoms with Crippen LogP contribution in [0.1, 0.15) is 12.5 Å². The van der Waals surface area contributed by atoms with Crippen LogP contribution < -0.4 is 15.5 Å². The lowest BCUT2D eigenvalue weighted by molar-refractivity contribution is 0.251. The Hall–Kier alpha value is -3.28. The van der Waals surface area contributed by atoms with Crippen LogP contribution in [-0.4, -0.2) is 35.2 Å². The highest BCUT2D eigenvalue weighted by atomic mass is 16.2. The number of rotatable bonds is 7. The lowest BCUT2D eigenvalue weighted by atomic mass is 10.2. The Morgan fingerprint density at radius 1 is 1.19 bits per heavy atom. The van der Waals surface area contributed by atoms with E-state index in [-0.39, 0.29) is 12.1 Å². The molecule has 6 heteroatoms. The molecule has 0 aliphatic carbocycles. The van der Waals surface area contributed by atoms with Gasteiger partial charge in [0.05, 0.1) is 6.33 Å². The normalized spacial score (nSPS) is 11.6. The van der Waals surface area contributed by atoms with Crippen LogP contribution in [0.4, 0.5) is 16.2 Å². The van der Waals surface area contributed by atoms with Crippen LogP contribution in [-0.2, 0) is 6.54 Å². The van der Waals surface area contributed by atoms with E-state index < -0.39 is 0 Å². The highest BCUT2D eigenvalue weighted by molar-refractivity contribution is 5.89. The van der Waals surface area contributed by atoms with Gasteiger partial charge in [-0.2, -0.15) is 0 Å². The predicted octanol–water partition coefficient (Wildman–Crippen LogP) is 3.58. The van der Waals surface area contributed by atoms with Crippen LogP contribution in [0.5, 0.6) is 0 Å². The van der Waals surface area contributed by atoms with Crippen molar-refractivity contribution in [1.29, 1.82) is 0 Å². The fourth-order valence-corrected chi connectivity index (χ4v) is 2.81. The van der Waals surface area contributed by atoms with Gasteiger partial charge in [0.2, 0.25) is 0 Å². The number of carbonyl (C=O) groups is 1. The minimum atomic E-state index is -0.205. The first-order chi connectivity index (χ1) is 13.1. The summed E-state index contributed by atoms with van der Waals surface area (Å²) in [6.07, 6.45) is 5.44. The summed E-state index contributed by atoms with van der Waals surface area (Å²) in [7, 11) is 2.03. The van der Waals surface area contributed by atoms with Gasteiger partial charge in [0, 0.05) is 49.9 Å². The molecule has 0 saturated heterocycles. The molecule has 0 radical (unpaired) electrons. The van der Waals surface area contributed by atoms with E-state index in [9.17, 15) is 4.79 Å². The van der Waals surface area contributed by atoms with E-state index in [1.165, 1.54) is 0 Å². The first-order valence-electron chi connectivity index (χ1n) is 8.99. The number of benzene rings is 2. The van der Waals surface area contributed by atoms with Gasteiger partial charge in [-0.3, -0.25) is 0 Å². The van der Waals surface area contributed by atoms with Gasteiger partial charge in [0.1, 0.15) is 0 Å². The summed E-state index contributed by atoms with van der Waals surface area (Å²) < 4.78 is 1.99. The van der Waals surface area contributed by atoms with Gasteiger partial charge >= 0.3 is 6.03 Å². The zero-order valence-corrected chi connectivity index (χ0v) is 15.7. The smallest absolute Gasteiger partial charge is 0.319 e. The summed E-state index contributed by atoms with van der Waals surface area (Å²) in [5.41, 5.74) is 3.00. The maximum absolute atomic E-state index is 12.2. The summed E-state index contributed by atoms with van der Waals surface area (Å²) in [6, 6.07) is 17.9. The number of imidazole rings is 1. The van der Waals surface area contributed by atoms with Crippen LogP contribution >= 0.6 is 0 Å². The van der Waals surface area contributed by atoms with Crippen molar-refractivity contribution < 1.29 is 4.79 Å². The van der Waals surface area contributed by atoms with E-state index in [1.807, 2.05) is 60.3 Å². The van der Waals surface area contributed by atoms with Crippen LogP contribution in [0.25, 0.3) is 0 Å². The number of nitrogens with zero attached hydrogens (tertiary/aromatic N) is 3. The van der Waals surface area contributed by atoms with E-state index >= 15 is 0 Å². The molecule has 0 spiro atoms. The maximum atomic E-state index is 12.2. The fraction of sp³-hybridized carbons (Fsp3) is 0.238. The van der Waals surface area contributed by atoms with E-state index in [0.29, 0.717) is 6.54 Å². The first kappa shape index (κ1) is 18.5. The van der Waals surface area contributed by atoms with Crippen molar-refractivity contribution in [1.82, 2.24) is 14.9 Å². The Labute approximate surface area is 159 Å². The number of aromatic nitrogens is 2. The number of carbonyl (C=O) groups excluding carboxylic acids is 1. The molecule has 1 aromatic heterocycles.